The Kier molecular flexibility index (Phi) is 14.1. The zero-order chi connectivity index (χ0) is 29.3. The second-order valence-electron chi connectivity index (χ2n) is 8.74. The van der Waals surface area contributed by atoms with Gasteiger partial charge in [-0.3, -0.25) is 9.59 Å². The number of hydrogen-bond donors (Lipinski definition) is 3. The average molecular weight is 614 g/mol. The van der Waals surface area contributed by atoms with Crippen LogP contribution in [0.3, 0.4) is 0 Å². The Morgan fingerprint density at radius 2 is 1.23 bits per heavy atom. The lowest BCUT2D eigenvalue weighted by molar-refractivity contribution is -0.146. The molecule has 3 N–H and O–H groups in total. The van der Waals surface area contributed by atoms with E-state index in [9.17, 15) is 24.3 Å². The summed E-state index contributed by atoms with van der Waals surface area (Å²) in [5.74, 6) is -1.90. The van der Waals surface area contributed by atoms with Gasteiger partial charge in [0.15, 0.2) is 10.7 Å². The Morgan fingerprint density at radius 3 is 1.70 bits per heavy atom. The summed E-state index contributed by atoms with van der Waals surface area (Å²) < 4.78 is 11.0. The van der Waals surface area contributed by atoms with E-state index in [-0.39, 0.29) is 24.3 Å². The van der Waals surface area contributed by atoms with Crippen molar-refractivity contribution in [3.63, 3.8) is 0 Å². The van der Waals surface area contributed by atoms with Crippen molar-refractivity contribution in [1.82, 2.24) is 10.6 Å². The zero-order valence-corrected chi connectivity index (χ0v) is 23.9. The van der Waals surface area contributed by atoms with Crippen molar-refractivity contribution < 1.29 is 33.8 Å². The lowest BCUT2D eigenvalue weighted by Gasteiger charge is -2.25. The van der Waals surface area contributed by atoms with Gasteiger partial charge < -0.3 is 25.2 Å². The molecule has 0 spiro atoms. The number of benzene rings is 3. The molecule has 0 heterocycles. The number of halogens is 1. The molecule has 0 unspecified atom stereocenters. The van der Waals surface area contributed by atoms with E-state index < -0.39 is 36.2 Å². The van der Waals surface area contributed by atoms with E-state index in [1.54, 1.807) is 6.92 Å². The number of amides is 2. The van der Waals surface area contributed by atoms with Crippen LogP contribution < -0.4 is 10.6 Å². The van der Waals surface area contributed by atoms with Gasteiger partial charge in [-0.1, -0.05) is 91.0 Å². The van der Waals surface area contributed by atoms with E-state index in [1.165, 1.54) is 6.92 Å². The number of carboxylic acid groups (broad SMARTS) is 1. The van der Waals surface area contributed by atoms with Crippen LogP contribution in [0.25, 0.3) is 0 Å². The van der Waals surface area contributed by atoms with Crippen LogP contribution >= 0.6 is 15.9 Å². The van der Waals surface area contributed by atoms with Crippen molar-refractivity contribution in [2.45, 2.75) is 51.7 Å². The standard InChI is InChI=1S/C28H30N2O6.C2H3BrO/c1-20(35-18-22-13-7-3-8-14-22)25(27(32)33)30-26(31)24(17-21-11-5-2-6-12-21)29-28(34)36-19-23-15-9-4-10-16-23;1-2(3)4/h2-16,20,24-25H,17-19H2,1H3,(H,29,34)(H,30,31)(H,32,33);1H3/t20-,24+,25+;/m1./s1. The smallest absolute Gasteiger partial charge is 0.408 e. The molecule has 0 bridgehead atoms. The van der Waals surface area contributed by atoms with Gasteiger partial charge in [0.05, 0.1) is 12.7 Å². The van der Waals surface area contributed by atoms with Gasteiger partial charge in [-0.25, -0.2) is 9.59 Å². The fraction of sp³-hybridized carbons (Fsp3) is 0.267. The molecule has 0 aliphatic rings. The second kappa shape index (κ2) is 17.5. The molecule has 0 saturated heterocycles. The summed E-state index contributed by atoms with van der Waals surface area (Å²) in [5.41, 5.74) is 2.47. The van der Waals surface area contributed by atoms with Crippen LogP contribution in [0.4, 0.5) is 4.79 Å². The SMILES string of the molecule is CC(=O)Br.C[C@@H](OCc1ccccc1)[C@H](NC(=O)[C@H](Cc1ccccc1)NC(=O)OCc1ccccc1)C(=O)O. The molecular formula is C30H33BrN2O7. The highest BCUT2D eigenvalue weighted by molar-refractivity contribution is 9.18. The molecule has 40 heavy (non-hydrogen) atoms. The fourth-order valence-electron chi connectivity index (χ4n) is 3.50. The van der Waals surface area contributed by atoms with Gasteiger partial charge in [0.2, 0.25) is 5.91 Å². The van der Waals surface area contributed by atoms with Gasteiger partial charge >= 0.3 is 12.1 Å². The first-order chi connectivity index (χ1) is 19.2. The highest BCUT2D eigenvalue weighted by Crippen LogP contribution is 2.09. The molecule has 0 radical (unpaired) electrons. The monoisotopic (exact) mass is 612 g/mol. The quantitative estimate of drug-likeness (QED) is 0.254. The molecule has 0 saturated carbocycles. The van der Waals surface area contributed by atoms with Gasteiger partial charge in [-0.15, -0.1) is 0 Å². The maximum Gasteiger partial charge on any atom is 0.408 e. The summed E-state index contributed by atoms with van der Waals surface area (Å²) in [4.78, 5) is 46.9. The maximum absolute atomic E-state index is 13.2. The molecule has 3 atom stereocenters. The summed E-state index contributed by atoms with van der Waals surface area (Å²) >= 11 is 2.63. The number of aliphatic carboxylic acids is 1. The number of carboxylic acids is 1. The molecular weight excluding hydrogens is 580 g/mol. The Balaban J connectivity index is 0.00000131. The summed E-state index contributed by atoms with van der Waals surface area (Å²) in [6.45, 7) is 3.25. The maximum atomic E-state index is 13.2. The summed E-state index contributed by atoms with van der Waals surface area (Å²) in [5, 5.41) is 14.8. The molecule has 9 nitrogen and oxygen atoms in total. The molecule has 212 valence electrons. The van der Waals surface area contributed by atoms with Gasteiger partial charge in [-0.05, 0) is 39.5 Å². The third-order valence-electron chi connectivity index (χ3n) is 5.49. The molecule has 10 heteroatoms. The van der Waals surface area contributed by atoms with Gasteiger partial charge in [-0.2, -0.15) is 0 Å². The topological polar surface area (TPSA) is 131 Å². The van der Waals surface area contributed by atoms with Gasteiger partial charge in [0.25, 0.3) is 0 Å². The lowest BCUT2D eigenvalue weighted by atomic mass is 10.0. The van der Waals surface area contributed by atoms with Gasteiger partial charge in [0, 0.05) is 13.3 Å². The van der Waals surface area contributed by atoms with Crippen LogP contribution in [0.1, 0.15) is 30.5 Å². The van der Waals surface area contributed by atoms with E-state index in [0.29, 0.717) is 0 Å². The zero-order valence-electron chi connectivity index (χ0n) is 22.3. The number of carbonyl (C=O) groups is 4. The first kappa shape index (κ1) is 32.2. The van der Waals surface area contributed by atoms with Crippen molar-refractivity contribution in [1.29, 1.82) is 0 Å². The normalized spacial score (nSPS) is 12.5. The van der Waals surface area contributed by atoms with Crippen LogP contribution in [-0.2, 0) is 43.5 Å². The number of carbonyl (C=O) groups excluding carboxylic acids is 3. The predicted molar refractivity (Wildman–Crippen MR) is 154 cm³/mol. The summed E-state index contributed by atoms with van der Waals surface area (Å²) in [6.07, 6.45) is -1.46. The molecule has 0 aliphatic heterocycles. The van der Waals surface area contributed by atoms with Crippen LogP contribution in [0.2, 0.25) is 0 Å². The molecule has 0 aromatic heterocycles. The number of hydrogen-bond acceptors (Lipinski definition) is 6. The van der Waals surface area contributed by atoms with E-state index in [1.807, 2.05) is 91.0 Å². The molecule has 3 rings (SSSR count). The average Bonchev–Trinajstić information content (AvgIpc) is 2.94. The fourth-order valence-corrected chi connectivity index (χ4v) is 3.50. The summed E-state index contributed by atoms with van der Waals surface area (Å²) in [7, 11) is 0. The molecule has 0 aliphatic carbocycles. The molecule has 3 aromatic rings. The Labute approximate surface area is 242 Å². The van der Waals surface area contributed by atoms with Gasteiger partial charge in [0.1, 0.15) is 12.6 Å². The number of rotatable bonds is 12. The predicted octanol–water partition coefficient (Wildman–Crippen LogP) is 4.63. The Hall–Kier alpha value is -4.02. The summed E-state index contributed by atoms with van der Waals surface area (Å²) in [6, 6.07) is 25.2. The van der Waals surface area contributed by atoms with E-state index >= 15 is 0 Å². The van der Waals surface area contributed by atoms with Crippen LogP contribution in [0.5, 0.6) is 0 Å². The van der Waals surface area contributed by atoms with Crippen LogP contribution in [0.15, 0.2) is 91.0 Å². The van der Waals surface area contributed by atoms with Crippen molar-refractivity contribution in [3.05, 3.63) is 108 Å². The largest absolute Gasteiger partial charge is 0.480 e. The third kappa shape index (κ3) is 12.7. The van der Waals surface area contributed by atoms with Crippen LogP contribution in [-0.4, -0.2) is 46.0 Å². The minimum atomic E-state index is -1.32. The third-order valence-corrected chi connectivity index (χ3v) is 5.49. The first-order valence-electron chi connectivity index (χ1n) is 12.5. The highest BCUT2D eigenvalue weighted by Gasteiger charge is 2.31. The molecule has 2 amide bonds. The second-order valence-corrected chi connectivity index (χ2v) is 9.86. The number of alkyl carbamates (subject to hydrolysis) is 1. The Bertz CT molecular complexity index is 1210. The van der Waals surface area contributed by atoms with E-state index in [2.05, 4.69) is 26.6 Å². The first-order valence-corrected chi connectivity index (χ1v) is 13.3. The van der Waals surface area contributed by atoms with Crippen molar-refractivity contribution in [2.75, 3.05) is 0 Å². The van der Waals surface area contributed by atoms with Crippen molar-refractivity contribution in [3.8, 4) is 0 Å². The van der Waals surface area contributed by atoms with E-state index in [4.69, 9.17) is 9.47 Å². The molecule has 0 fully saturated rings. The minimum Gasteiger partial charge on any atom is -0.480 e. The Morgan fingerprint density at radius 1 is 0.775 bits per heavy atom. The number of ether oxygens (including phenoxy) is 2. The number of nitrogens with one attached hydrogen (secondary N) is 2. The molecule has 3 aromatic carbocycles. The highest BCUT2D eigenvalue weighted by atomic mass is 79.9. The minimum absolute atomic E-state index is 0.0208. The van der Waals surface area contributed by atoms with Crippen molar-refractivity contribution >= 4 is 38.6 Å². The van der Waals surface area contributed by atoms with Crippen molar-refractivity contribution in [2.24, 2.45) is 0 Å². The van der Waals surface area contributed by atoms with E-state index in [0.717, 1.165) is 16.7 Å². The lowest BCUT2D eigenvalue weighted by Crippen LogP contribution is -2.55. The van der Waals surface area contributed by atoms with Crippen LogP contribution in [0, 0.1) is 0 Å².